The molecule has 0 saturated carbocycles. The van der Waals surface area contributed by atoms with E-state index in [9.17, 15) is 0 Å². The van der Waals surface area contributed by atoms with Crippen LogP contribution in [0.15, 0.2) is 46.9 Å². The third-order valence-electron chi connectivity index (χ3n) is 2.68. The van der Waals surface area contributed by atoms with Gasteiger partial charge in [0.15, 0.2) is 0 Å². The Morgan fingerprint density at radius 3 is 2.78 bits per heavy atom. The highest BCUT2D eigenvalue weighted by Gasteiger charge is 2.00. The fourth-order valence-corrected chi connectivity index (χ4v) is 2.33. The zero-order valence-electron chi connectivity index (χ0n) is 10.1. The maximum Gasteiger partial charge on any atom is 0.0992 e. The van der Waals surface area contributed by atoms with Gasteiger partial charge in [0, 0.05) is 16.7 Å². The number of benzene rings is 2. The molecule has 0 aliphatic carbocycles. The van der Waals surface area contributed by atoms with Crippen LogP contribution in [0.2, 0.25) is 0 Å². The Morgan fingerprint density at radius 2 is 2.06 bits per heavy atom. The van der Waals surface area contributed by atoms with Crippen molar-refractivity contribution in [2.75, 3.05) is 5.32 Å². The van der Waals surface area contributed by atoms with Crippen molar-refractivity contribution in [2.45, 2.75) is 13.5 Å². The maximum absolute atomic E-state index is 8.84. The standard InChI is InChI=1S/C15H13BrN2/c1-11-5-6-13(15(16)7-11)10-18-14-4-2-3-12(8-14)9-17/h2-8,18H,10H2,1H3. The third kappa shape index (κ3) is 3.12. The maximum atomic E-state index is 8.84. The molecule has 0 aromatic heterocycles. The fourth-order valence-electron chi connectivity index (χ4n) is 1.69. The van der Waals surface area contributed by atoms with Crippen LogP contribution in [0.1, 0.15) is 16.7 Å². The number of nitrogens with zero attached hydrogens (tertiary/aromatic N) is 1. The molecular formula is C15H13BrN2. The van der Waals surface area contributed by atoms with E-state index in [1.54, 1.807) is 6.07 Å². The van der Waals surface area contributed by atoms with Gasteiger partial charge in [-0.15, -0.1) is 0 Å². The molecular weight excluding hydrogens is 288 g/mol. The van der Waals surface area contributed by atoms with E-state index in [2.05, 4.69) is 52.4 Å². The second kappa shape index (κ2) is 5.70. The van der Waals surface area contributed by atoms with Crippen LogP contribution in [0.4, 0.5) is 5.69 Å². The van der Waals surface area contributed by atoms with E-state index in [1.807, 2.05) is 18.2 Å². The lowest BCUT2D eigenvalue weighted by molar-refractivity contribution is 1.13. The summed E-state index contributed by atoms with van der Waals surface area (Å²) >= 11 is 3.56. The van der Waals surface area contributed by atoms with Crippen LogP contribution in [0.5, 0.6) is 0 Å². The van der Waals surface area contributed by atoms with Gasteiger partial charge >= 0.3 is 0 Å². The Hall–Kier alpha value is -1.79. The van der Waals surface area contributed by atoms with Gasteiger partial charge in [0.2, 0.25) is 0 Å². The Morgan fingerprint density at radius 1 is 1.22 bits per heavy atom. The average Bonchev–Trinajstić information content (AvgIpc) is 2.38. The van der Waals surface area contributed by atoms with E-state index in [0.29, 0.717) is 5.56 Å². The SMILES string of the molecule is Cc1ccc(CNc2cccc(C#N)c2)c(Br)c1. The molecule has 2 aromatic carbocycles. The van der Waals surface area contributed by atoms with Crippen molar-refractivity contribution in [2.24, 2.45) is 0 Å². The normalized spacial score (nSPS) is 9.83. The first-order valence-corrected chi connectivity index (χ1v) is 6.47. The molecule has 0 heterocycles. The number of halogens is 1. The minimum atomic E-state index is 0.669. The Kier molecular flexibility index (Phi) is 4.01. The lowest BCUT2D eigenvalue weighted by Gasteiger charge is -2.09. The van der Waals surface area contributed by atoms with E-state index < -0.39 is 0 Å². The second-order valence-corrected chi connectivity index (χ2v) is 5.00. The molecule has 0 aliphatic rings. The van der Waals surface area contributed by atoms with E-state index >= 15 is 0 Å². The van der Waals surface area contributed by atoms with Gasteiger partial charge in [-0.3, -0.25) is 0 Å². The molecule has 0 aliphatic heterocycles. The summed E-state index contributed by atoms with van der Waals surface area (Å²) in [5, 5.41) is 12.2. The first kappa shape index (κ1) is 12.7. The van der Waals surface area contributed by atoms with Crippen LogP contribution in [-0.2, 0) is 6.54 Å². The summed E-state index contributed by atoms with van der Waals surface area (Å²) in [6.45, 7) is 2.80. The van der Waals surface area contributed by atoms with Gasteiger partial charge in [-0.2, -0.15) is 5.26 Å². The van der Waals surface area contributed by atoms with Crippen molar-refractivity contribution in [3.8, 4) is 6.07 Å². The lowest BCUT2D eigenvalue weighted by Crippen LogP contribution is -2.00. The van der Waals surface area contributed by atoms with Gasteiger partial charge in [-0.25, -0.2) is 0 Å². The highest BCUT2D eigenvalue weighted by molar-refractivity contribution is 9.10. The molecule has 2 rings (SSSR count). The Labute approximate surface area is 115 Å². The molecule has 2 aromatic rings. The molecule has 0 radical (unpaired) electrons. The Bertz CT molecular complexity index is 600. The molecule has 0 saturated heterocycles. The van der Waals surface area contributed by atoms with E-state index in [4.69, 9.17) is 5.26 Å². The van der Waals surface area contributed by atoms with Gasteiger partial charge in [-0.1, -0.05) is 34.1 Å². The first-order valence-electron chi connectivity index (χ1n) is 5.68. The van der Waals surface area contributed by atoms with Crippen LogP contribution in [0, 0.1) is 18.3 Å². The second-order valence-electron chi connectivity index (χ2n) is 4.14. The Balaban J connectivity index is 2.09. The van der Waals surface area contributed by atoms with Crippen molar-refractivity contribution in [1.82, 2.24) is 0 Å². The molecule has 3 heteroatoms. The van der Waals surface area contributed by atoms with Crippen LogP contribution >= 0.6 is 15.9 Å². The van der Waals surface area contributed by atoms with E-state index in [1.165, 1.54) is 11.1 Å². The number of hydrogen-bond acceptors (Lipinski definition) is 2. The number of hydrogen-bond donors (Lipinski definition) is 1. The van der Waals surface area contributed by atoms with E-state index in [0.717, 1.165) is 16.7 Å². The average molecular weight is 301 g/mol. The molecule has 1 N–H and O–H groups in total. The summed E-state index contributed by atoms with van der Waals surface area (Å²) < 4.78 is 1.10. The number of rotatable bonds is 3. The minimum absolute atomic E-state index is 0.669. The van der Waals surface area contributed by atoms with Gasteiger partial charge in [-0.05, 0) is 42.3 Å². The smallest absolute Gasteiger partial charge is 0.0992 e. The zero-order valence-corrected chi connectivity index (χ0v) is 11.7. The predicted molar refractivity (Wildman–Crippen MR) is 77.4 cm³/mol. The van der Waals surface area contributed by atoms with Crippen molar-refractivity contribution in [3.63, 3.8) is 0 Å². The largest absolute Gasteiger partial charge is 0.381 e. The van der Waals surface area contributed by atoms with Crippen LogP contribution in [0.25, 0.3) is 0 Å². The molecule has 0 fully saturated rings. The summed E-state index contributed by atoms with van der Waals surface area (Å²) in [7, 11) is 0. The first-order chi connectivity index (χ1) is 8.69. The molecule has 0 atom stereocenters. The van der Waals surface area contributed by atoms with Crippen molar-refractivity contribution >= 4 is 21.6 Å². The molecule has 0 unspecified atom stereocenters. The molecule has 2 nitrogen and oxygen atoms in total. The third-order valence-corrected chi connectivity index (χ3v) is 3.42. The quantitative estimate of drug-likeness (QED) is 0.920. The molecule has 0 spiro atoms. The summed E-state index contributed by atoms with van der Waals surface area (Å²) in [4.78, 5) is 0. The monoisotopic (exact) mass is 300 g/mol. The number of nitrogens with one attached hydrogen (secondary N) is 1. The number of aryl methyl sites for hydroxylation is 1. The minimum Gasteiger partial charge on any atom is -0.381 e. The highest BCUT2D eigenvalue weighted by Crippen LogP contribution is 2.20. The summed E-state index contributed by atoms with van der Waals surface area (Å²) in [6, 6.07) is 15.9. The van der Waals surface area contributed by atoms with Crippen LogP contribution in [-0.4, -0.2) is 0 Å². The van der Waals surface area contributed by atoms with Gasteiger partial charge in [0.25, 0.3) is 0 Å². The van der Waals surface area contributed by atoms with Gasteiger partial charge < -0.3 is 5.32 Å². The summed E-state index contributed by atoms with van der Waals surface area (Å²) in [5.74, 6) is 0. The van der Waals surface area contributed by atoms with Gasteiger partial charge in [0.05, 0.1) is 11.6 Å². The lowest BCUT2D eigenvalue weighted by atomic mass is 10.1. The van der Waals surface area contributed by atoms with E-state index in [-0.39, 0.29) is 0 Å². The molecule has 18 heavy (non-hydrogen) atoms. The van der Waals surface area contributed by atoms with Crippen LogP contribution < -0.4 is 5.32 Å². The van der Waals surface area contributed by atoms with Crippen molar-refractivity contribution in [3.05, 3.63) is 63.6 Å². The summed E-state index contributed by atoms with van der Waals surface area (Å²) in [5.41, 5.74) is 4.06. The number of nitriles is 1. The van der Waals surface area contributed by atoms with Crippen molar-refractivity contribution in [1.29, 1.82) is 5.26 Å². The molecule has 90 valence electrons. The topological polar surface area (TPSA) is 35.8 Å². The highest BCUT2D eigenvalue weighted by atomic mass is 79.9. The zero-order chi connectivity index (χ0) is 13.0. The van der Waals surface area contributed by atoms with Gasteiger partial charge in [0.1, 0.15) is 0 Å². The molecule has 0 amide bonds. The molecule has 0 bridgehead atoms. The fraction of sp³-hybridized carbons (Fsp3) is 0.133. The number of anilines is 1. The predicted octanol–water partition coefficient (Wildman–Crippen LogP) is 4.24. The van der Waals surface area contributed by atoms with Crippen molar-refractivity contribution < 1.29 is 0 Å². The summed E-state index contributed by atoms with van der Waals surface area (Å²) in [6.07, 6.45) is 0. The van der Waals surface area contributed by atoms with Crippen LogP contribution in [0.3, 0.4) is 0 Å².